The van der Waals surface area contributed by atoms with Crippen LogP contribution in [-0.2, 0) is 6.42 Å². The molecule has 0 spiro atoms. The van der Waals surface area contributed by atoms with Crippen LogP contribution in [0, 0.1) is 0 Å². The van der Waals surface area contributed by atoms with Crippen molar-refractivity contribution in [1.82, 2.24) is 33.5 Å². The Balaban J connectivity index is 0.000000259. The van der Waals surface area contributed by atoms with Crippen molar-refractivity contribution < 1.29 is 36.6 Å². The molecule has 0 bridgehead atoms. The Morgan fingerprint density at radius 1 is 0.857 bits per heavy atom. The average Bonchev–Trinajstić information content (AvgIpc) is 3.68. The van der Waals surface area contributed by atoms with Gasteiger partial charge < -0.3 is 33.3 Å². The Hall–Kier alpha value is -4.89. The molecule has 6 rings (SSSR count). The SMILES string of the molecule is CN(C)CCOc1ccn2c(-c3cc4c(c(OC(F)F)c3)C(=O)N(CC(F)F)CC4)cnc2c1.CN(C)CCOc1ccn2ccnc2c1. The molecule has 262 valence electrons. The molecule has 0 fully saturated rings. The van der Waals surface area contributed by atoms with Crippen LogP contribution >= 0.6 is 0 Å². The molecule has 5 heterocycles. The van der Waals surface area contributed by atoms with E-state index in [9.17, 15) is 22.4 Å². The van der Waals surface area contributed by atoms with Crippen LogP contribution in [0.2, 0.25) is 0 Å². The highest BCUT2D eigenvalue weighted by Crippen LogP contribution is 2.36. The number of rotatable bonds is 13. The molecule has 1 aliphatic rings. The zero-order valence-corrected chi connectivity index (χ0v) is 27.7. The van der Waals surface area contributed by atoms with Crippen LogP contribution < -0.4 is 14.2 Å². The molecule has 0 saturated carbocycles. The number of hydrogen-bond donors (Lipinski definition) is 0. The fourth-order valence-corrected chi connectivity index (χ4v) is 5.24. The second-order valence-corrected chi connectivity index (χ2v) is 11.9. The molecule has 5 aromatic rings. The Morgan fingerprint density at radius 2 is 1.53 bits per heavy atom. The summed E-state index contributed by atoms with van der Waals surface area (Å²) in [5, 5.41) is 0. The lowest BCUT2D eigenvalue weighted by Gasteiger charge is -2.30. The van der Waals surface area contributed by atoms with Crippen LogP contribution in [0.3, 0.4) is 0 Å². The average molecular weight is 686 g/mol. The smallest absolute Gasteiger partial charge is 0.387 e. The fraction of sp³-hybridized carbons (Fsp3) is 0.382. The van der Waals surface area contributed by atoms with Crippen molar-refractivity contribution >= 4 is 17.2 Å². The van der Waals surface area contributed by atoms with Crippen molar-refractivity contribution in [3.63, 3.8) is 0 Å². The van der Waals surface area contributed by atoms with Crippen LogP contribution in [0.4, 0.5) is 17.6 Å². The van der Waals surface area contributed by atoms with Gasteiger partial charge >= 0.3 is 6.61 Å². The van der Waals surface area contributed by atoms with E-state index >= 15 is 0 Å². The molecule has 11 nitrogen and oxygen atoms in total. The van der Waals surface area contributed by atoms with E-state index in [1.807, 2.05) is 62.0 Å². The topological polar surface area (TPSA) is 89.1 Å². The summed E-state index contributed by atoms with van der Waals surface area (Å²) in [6.07, 6.45) is 6.50. The molecule has 1 aromatic carbocycles. The number of carbonyl (C=O) groups excluding carboxylic acids is 1. The molecule has 0 atom stereocenters. The number of halogens is 4. The highest BCUT2D eigenvalue weighted by atomic mass is 19.3. The van der Waals surface area contributed by atoms with E-state index in [1.54, 1.807) is 41.2 Å². The Bertz CT molecular complexity index is 1860. The van der Waals surface area contributed by atoms with E-state index in [0.717, 1.165) is 29.4 Å². The van der Waals surface area contributed by atoms with Crippen molar-refractivity contribution in [2.24, 2.45) is 0 Å². The number of carbonyl (C=O) groups is 1. The number of hydrogen-bond acceptors (Lipinski definition) is 8. The Morgan fingerprint density at radius 3 is 2.18 bits per heavy atom. The third kappa shape index (κ3) is 9.18. The van der Waals surface area contributed by atoms with E-state index in [1.165, 1.54) is 6.07 Å². The van der Waals surface area contributed by atoms with Gasteiger partial charge in [-0.05, 0) is 64.4 Å². The van der Waals surface area contributed by atoms with E-state index in [-0.39, 0.29) is 24.3 Å². The lowest BCUT2D eigenvalue weighted by Crippen LogP contribution is -2.40. The number of benzene rings is 1. The van der Waals surface area contributed by atoms with Crippen LogP contribution in [0.25, 0.3) is 22.6 Å². The molecular weight excluding hydrogens is 646 g/mol. The number of amides is 1. The molecule has 0 N–H and O–H groups in total. The van der Waals surface area contributed by atoms with Crippen LogP contribution in [0.15, 0.2) is 67.4 Å². The zero-order chi connectivity index (χ0) is 35.1. The minimum Gasteiger partial charge on any atom is -0.492 e. The normalized spacial score (nSPS) is 13.1. The van der Waals surface area contributed by atoms with Gasteiger partial charge in [-0.3, -0.25) is 9.20 Å². The molecule has 0 aliphatic carbocycles. The van der Waals surface area contributed by atoms with Crippen molar-refractivity contribution in [3.05, 3.63) is 78.5 Å². The van der Waals surface area contributed by atoms with Crippen molar-refractivity contribution in [2.75, 3.05) is 67.6 Å². The largest absolute Gasteiger partial charge is 0.492 e. The minimum absolute atomic E-state index is 0.0640. The highest BCUT2D eigenvalue weighted by Gasteiger charge is 2.31. The van der Waals surface area contributed by atoms with Gasteiger partial charge in [-0.2, -0.15) is 8.78 Å². The summed E-state index contributed by atoms with van der Waals surface area (Å²) in [5.41, 5.74) is 2.96. The van der Waals surface area contributed by atoms with Gasteiger partial charge in [0.15, 0.2) is 0 Å². The Labute approximate surface area is 281 Å². The first kappa shape index (κ1) is 35.4. The Kier molecular flexibility index (Phi) is 11.6. The van der Waals surface area contributed by atoms with E-state index in [0.29, 0.717) is 41.4 Å². The number of nitrogens with zero attached hydrogens (tertiary/aromatic N) is 7. The summed E-state index contributed by atoms with van der Waals surface area (Å²) >= 11 is 0. The maximum absolute atomic E-state index is 13.1. The van der Waals surface area contributed by atoms with Crippen LogP contribution in [0.5, 0.6) is 17.2 Å². The molecule has 49 heavy (non-hydrogen) atoms. The van der Waals surface area contributed by atoms with Gasteiger partial charge in [0, 0.05) is 62.1 Å². The molecule has 4 aromatic heterocycles. The number of imidazole rings is 2. The van der Waals surface area contributed by atoms with Gasteiger partial charge in [-0.25, -0.2) is 18.7 Å². The summed E-state index contributed by atoms with van der Waals surface area (Å²) in [6, 6.07) is 10.4. The molecule has 0 unspecified atom stereocenters. The first-order valence-corrected chi connectivity index (χ1v) is 15.6. The quantitative estimate of drug-likeness (QED) is 0.159. The molecule has 15 heteroatoms. The lowest BCUT2D eigenvalue weighted by molar-refractivity contribution is -0.0504. The summed E-state index contributed by atoms with van der Waals surface area (Å²) in [6.45, 7) is -1.01. The lowest BCUT2D eigenvalue weighted by atomic mass is 9.94. The van der Waals surface area contributed by atoms with Crippen LogP contribution in [-0.4, -0.2) is 120 Å². The molecule has 0 radical (unpaired) electrons. The standard InChI is InChI=1S/C23H24F4N4O3.C11H15N3O/c1-29(2)7-8-33-16-4-6-31-17(12-28-20(31)11-16)15-9-14-3-5-30(13-19(24)25)22(32)21(14)18(10-15)34-23(26)27;1-13(2)7-8-15-10-3-5-14-6-4-12-11(14)9-10/h4,6,9-12,19,23H,3,5,7-8,13H2,1-2H3;3-6,9H,7-8H2,1-2H3. The van der Waals surface area contributed by atoms with E-state index < -0.39 is 25.5 Å². The predicted octanol–water partition coefficient (Wildman–Crippen LogP) is 5.08. The highest BCUT2D eigenvalue weighted by molar-refractivity contribution is 6.00. The van der Waals surface area contributed by atoms with Crippen molar-refractivity contribution in [2.45, 2.75) is 19.5 Å². The molecule has 1 amide bonds. The fourth-order valence-electron chi connectivity index (χ4n) is 5.24. The minimum atomic E-state index is -3.18. The van der Waals surface area contributed by atoms with E-state index in [4.69, 9.17) is 9.47 Å². The first-order valence-electron chi connectivity index (χ1n) is 15.6. The number of fused-ring (bicyclic) bond motifs is 3. The summed E-state index contributed by atoms with van der Waals surface area (Å²) in [7, 11) is 7.95. The number of ether oxygens (including phenoxy) is 3. The third-order valence-electron chi connectivity index (χ3n) is 7.67. The van der Waals surface area contributed by atoms with E-state index in [2.05, 4.69) is 19.6 Å². The second kappa shape index (κ2) is 16.0. The monoisotopic (exact) mass is 685 g/mol. The first-order chi connectivity index (χ1) is 23.5. The van der Waals surface area contributed by atoms with Crippen LogP contribution in [0.1, 0.15) is 15.9 Å². The molecular formula is C34H39F4N7O4. The van der Waals surface area contributed by atoms with Gasteiger partial charge in [-0.1, -0.05) is 0 Å². The maximum atomic E-state index is 13.1. The zero-order valence-electron chi connectivity index (χ0n) is 27.7. The van der Waals surface area contributed by atoms with Gasteiger partial charge in [0.05, 0.1) is 24.0 Å². The van der Waals surface area contributed by atoms with Gasteiger partial charge in [-0.15, -0.1) is 0 Å². The number of likely N-dealkylation sites (N-methyl/N-ethyl adjacent to an activating group) is 2. The second-order valence-electron chi connectivity index (χ2n) is 11.9. The van der Waals surface area contributed by atoms with Crippen molar-refractivity contribution in [1.29, 1.82) is 0 Å². The third-order valence-corrected chi connectivity index (χ3v) is 7.67. The number of pyridine rings is 2. The molecule has 1 aliphatic heterocycles. The summed E-state index contributed by atoms with van der Waals surface area (Å²) < 4.78 is 71.7. The maximum Gasteiger partial charge on any atom is 0.387 e. The van der Waals surface area contributed by atoms with Crippen molar-refractivity contribution in [3.8, 4) is 28.5 Å². The number of aromatic nitrogens is 4. The van der Waals surface area contributed by atoms with Gasteiger partial charge in [0.2, 0.25) is 0 Å². The summed E-state index contributed by atoms with van der Waals surface area (Å²) in [5.74, 6) is 0.422. The number of alkyl halides is 4. The van der Waals surface area contributed by atoms with Gasteiger partial charge in [0.1, 0.15) is 41.8 Å². The van der Waals surface area contributed by atoms with Gasteiger partial charge in [0.25, 0.3) is 12.3 Å². The summed E-state index contributed by atoms with van der Waals surface area (Å²) in [4.78, 5) is 26.4. The predicted molar refractivity (Wildman–Crippen MR) is 176 cm³/mol. The molecule has 0 saturated heterocycles.